The zero-order valence-corrected chi connectivity index (χ0v) is 13.0. The van der Waals surface area contributed by atoms with Crippen molar-refractivity contribution in [1.82, 2.24) is 5.32 Å². The number of hydrogen-bond donors (Lipinski definition) is 2. The largest absolute Gasteiger partial charge is 0.412 e. The minimum Gasteiger partial charge on any atom is -0.322 e. The number of nitro groups is 1. The highest BCUT2D eigenvalue weighted by molar-refractivity contribution is 5.92. The number of alkyl halides is 3. The number of carbonyl (C=O) groups is 1. The molecule has 0 saturated heterocycles. The van der Waals surface area contributed by atoms with Gasteiger partial charge < -0.3 is 10.6 Å². The van der Waals surface area contributed by atoms with E-state index in [0.29, 0.717) is 0 Å². The number of anilines is 1. The number of amides is 2. The Hall–Kier alpha value is -3.10. The summed E-state index contributed by atoms with van der Waals surface area (Å²) in [5.74, 6) is 0. The van der Waals surface area contributed by atoms with Crippen molar-refractivity contribution < 1.29 is 22.9 Å². The number of nitrogens with zero attached hydrogens (tertiary/aromatic N) is 1. The highest BCUT2D eigenvalue weighted by Crippen LogP contribution is 2.33. The van der Waals surface area contributed by atoms with Gasteiger partial charge in [0.15, 0.2) is 6.04 Å². The van der Waals surface area contributed by atoms with E-state index >= 15 is 0 Å². The second-order valence-electron chi connectivity index (χ2n) is 5.26. The number of hydrogen-bond acceptors (Lipinski definition) is 3. The molecule has 0 aliphatic heterocycles. The molecule has 0 saturated carbocycles. The van der Waals surface area contributed by atoms with E-state index in [0.717, 1.165) is 11.6 Å². The van der Waals surface area contributed by atoms with Gasteiger partial charge in [-0.1, -0.05) is 42.0 Å². The molecule has 0 heterocycles. The van der Waals surface area contributed by atoms with Crippen molar-refractivity contribution in [2.45, 2.75) is 19.1 Å². The summed E-state index contributed by atoms with van der Waals surface area (Å²) in [6.07, 6.45) is -4.73. The fourth-order valence-corrected chi connectivity index (χ4v) is 2.14. The molecule has 132 valence electrons. The Labute approximate surface area is 140 Å². The average molecular weight is 353 g/mol. The van der Waals surface area contributed by atoms with Crippen LogP contribution in [0.4, 0.5) is 29.3 Å². The summed E-state index contributed by atoms with van der Waals surface area (Å²) in [6, 6.07) is 7.25. The lowest BCUT2D eigenvalue weighted by molar-refractivity contribution is -0.383. The molecule has 25 heavy (non-hydrogen) atoms. The lowest BCUT2D eigenvalue weighted by Crippen LogP contribution is -2.40. The van der Waals surface area contributed by atoms with Gasteiger partial charge in [0.2, 0.25) is 0 Å². The van der Waals surface area contributed by atoms with Crippen molar-refractivity contribution >= 4 is 17.4 Å². The van der Waals surface area contributed by atoms with Crippen molar-refractivity contribution in [2.24, 2.45) is 0 Å². The SMILES string of the molecule is Cc1ccc(C(NC(=O)Nc2ccccc2[N+](=O)[O-])C(F)(F)F)cc1. The van der Waals surface area contributed by atoms with Crippen LogP contribution in [-0.2, 0) is 0 Å². The van der Waals surface area contributed by atoms with E-state index in [1.807, 2.05) is 5.32 Å². The molecule has 1 atom stereocenters. The number of carbonyl (C=O) groups excluding carboxylic acids is 1. The summed E-state index contributed by atoms with van der Waals surface area (Å²) >= 11 is 0. The van der Waals surface area contributed by atoms with E-state index in [1.54, 1.807) is 6.92 Å². The first-order chi connectivity index (χ1) is 11.7. The van der Waals surface area contributed by atoms with Gasteiger partial charge in [-0.15, -0.1) is 0 Å². The van der Waals surface area contributed by atoms with E-state index in [2.05, 4.69) is 5.32 Å². The molecule has 9 heteroatoms. The summed E-state index contributed by atoms with van der Waals surface area (Å²) < 4.78 is 39.8. The fraction of sp³-hybridized carbons (Fsp3) is 0.188. The van der Waals surface area contributed by atoms with Gasteiger partial charge in [-0.05, 0) is 18.6 Å². The van der Waals surface area contributed by atoms with Crippen LogP contribution in [0.2, 0.25) is 0 Å². The molecule has 1 unspecified atom stereocenters. The van der Waals surface area contributed by atoms with Gasteiger partial charge in [0.05, 0.1) is 4.92 Å². The first-order valence-corrected chi connectivity index (χ1v) is 7.12. The van der Waals surface area contributed by atoms with E-state index in [-0.39, 0.29) is 11.3 Å². The van der Waals surface area contributed by atoms with Crippen LogP contribution in [0.1, 0.15) is 17.2 Å². The second kappa shape index (κ2) is 7.20. The van der Waals surface area contributed by atoms with E-state index in [1.165, 1.54) is 42.5 Å². The van der Waals surface area contributed by atoms with Gasteiger partial charge in [0.25, 0.3) is 5.69 Å². The monoisotopic (exact) mass is 353 g/mol. The molecule has 0 aliphatic rings. The lowest BCUT2D eigenvalue weighted by Gasteiger charge is -2.22. The van der Waals surface area contributed by atoms with Crippen molar-refractivity contribution in [3.8, 4) is 0 Å². The van der Waals surface area contributed by atoms with Crippen LogP contribution >= 0.6 is 0 Å². The van der Waals surface area contributed by atoms with Crippen LogP contribution in [0.3, 0.4) is 0 Å². The number of benzene rings is 2. The topological polar surface area (TPSA) is 84.3 Å². The summed E-state index contributed by atoms with van der Waals surface area (Å²) in [7, 11) is 0. The molecule has 6 nitrogen and oxygen atoms in total. The van der Waals surface area contributed by atoms with Crippen LogP contribution in [0.15, 0.2) is 48.5 Å². The Kier molecular flexibility index (Phi) is 5.26. The maximum absolute atomic E-state index is 13.3. The summed E-state index contributed by atoms with van der Waals surface area (Å²) in [5.41, 5.74) is 0.0104. The highest BCUT2D eigenvalue weighted by Gasteiger charge is 2.42. The molecule has 2 amide bonds. The third-order valence-corrected chi connectivity index (χ3v) is 3.36. The van der Waals surface area contributed by atoms with Crippen molar-refractivity contribution in [2.75, 3.05) is 5.32 Å². The Morgan fingerprint density at radius 3 is 2.28 bits per heavy atom. The summed E-state index contributed by atoms with van der Waals surface area (Å²) in [4.78, 5) is 22.1. The number of para-hydroxylation sites is 2. The van der Waals surface area contributed by atoms with Gasteiger partial charge in [0.1, 0.15) is 5.69 Å². The molecule has 0 radical (unpaired) electrons. The maximum atomic E-state index is 13.3. The van der Waals surface area contributed by atoms with Gasteiger partial charge in [-0.2, -0.15) is 13.2 Å². The molecule has 2 N–H and O–H groups in total. The minimum atomic E-state index is -4.73. The molecular weight excluding hydrogens is 339 g/mol. The molecule has 0 spiro atoms. The van der Waals surface area contributed by atoms with Crippen molar-refractivity contribution in [3.63, 3.8) is 0 Å². The standard InChI is InChI=1S/C16H14F3N3O3/c1-10-6-8-11(9-7-10)14(16(17,18)19)21-15(23)20-12-4-2-3-5-13(12)22(24)25/h2-9,14H,1H3,(H2,20,21,23). The molecule has 0 aliphatic carbocycles. The molecule has 0 aromatic heterocycles. The number of nitro benzene ring substituents is 1. The van der Waals surface area contributed by atoms with E-state index in [4.69, 9.17) is 0 Å². The highest BCUT2D eigenvalue weighted by atomic mass is 19.4. The number of urea groups is 1. The predicted octanol–water partition coefficient (Wildman–Crippen LogP) is 4.33. The minimum absolute atomic E-state index is 0.143. The van der Waals surface area contributed by atoms with E-state index < -0.39 is 28.9 Å². The van der Waals surface area contributed by atoms with Crippen LogP contribution in [-0.4, -0.2) is 17.1 Å². The first kappa shape index (κ1) is 18.2. The molecule has 2 rings (SSSR count). The molecule has 0 bridgehead atoms. The van der Waals surface area contributed by atoms with Gasteiger partial charge in [-0.25, -0.2) is 4.79 Å². The lowest BCUT2D eigenvalue weighted by atomic mass is 10.0. The van der Waals surface area contributed by atoms with Gasteiger partial charge in [0, 0.05) is 6.07 Å². The molecule has 2 aromatic carbocycles. The smallest absolute Gasteiger partial charge is 0.322 e. The second-order valence-corrected chi connectivity index (χ2v) is 5.26. The summed E-state index contributed by atoms with van der Waals surface area (Å²) in [6.45, 7) is 1.72. The number of nitrogens with one attached hydrogen (secondary N) is 2. The Morgan fingerprint density at radius 2 is 1.72 bits per heavy atom. The Balaban J connectivity index is 2.21. The normalized spacial score (nSPS) is 12.3. The zero-order valence-electron chi connectivity index (χ0n) is 13.0. The van der Waals surface area contributed by atoms with Crippen LogP contribution in [0.5, 0.6) is 0 Å². The van der Waals surface area contributed by atoms with Crippen LogP contribution < -0.4 is 10.6 Å². The number of halogens is 3. The third kappa shape index (κ3) is 4.69. The predicted molar refractivity (Wildman–Crippen MR) is 85.2 cm³/mol. The number of aryl methyl sites for hydroxylation is 1. The maximum Gasteiger partial charge on any atom is 0.412 e. The van der Waals surface area contributed by atoms with Gasteiger partial charge >= 0.3 is 12.2 Å². The third-order valence-electron chi connectivity index (χ3n) is 3.36. The van der Waals surface area contributed by atoms with Crippen LogP contribution in [0, 0.1) is 17.0 Å². The quantitative estimate of drug-likeness (QED) is 0.634. The molecular formula is C16H14F3N3O3. The first-order valence-electron chi connectivity index (χ1n) is 7.12. The summed E-state index contributed by atoms with van der Waals surface area (Å²) in [5, 5.41) is 14.8. The average Bonchev–Trinajstić information content (AvgIpc) is 2.53. The molecule has 2 aromatic rings. The Morgan fingerprint density at radius 1 is 1.12 bits per heavy atom. The van der Waals surface area contributed by atoms with E-state index in [9.17, 15) is 28.1 Å². The number of rotatable bonds is 4. The zero-order chi connectivity index (χ0) is 18.6. The fourth-order valence-electron chi connectivity index (χ4n) is 2.14. The van der Waals surface area contributed by atoms with Crippen LogP contribution in [0.25, 0.3) is 0 Å². The Bertz CT molecular complexity index is 776. The van der Waals surface area contributed by atoms with Gasteiger partial charge in [-0.3, -0.25) is 10.1 Å². The van der Waals surface area contributed by atoms with Crippen molar-refractivity contribution in [3.05, 3.63) is 69.8 Å². The van der Waals surface area contributed by atoms with Crippen molar-refractivity contribution in [1.29, 1.82) is 0 Å². The molecule has 0 fully saturated rings.